The number of aromatic amines is 1. The molecule has 1 unspecified atom stereocenters. The van der Waals surface area contributed by atoms with E-state index >= 15 is 0 Å². The molecule has 1 atom stereocenters. The van der Waals surface area contributed by atoms with E-state index in [0.29, 0.717) is 11.3 Å². The second-order valence-corrected chi connectivity index (χ2v) is 6.23. The molecule has 28 heavy (non-hydrogen) atoms. The molecule has 3 rings (SSSR count). The SMILES string of the molecule is C=CCn1c(O)c(C2=NN(C(C)=O)C(c3ccccc3OC)C2)c(=O)[nH]c1=O. The number of hydrogen-bond acceptors (Lipinski definition) is 6. The molecule has 1 aromatic carbocycles. The van der Waals surface area contributed by atoms with Crippen LogP contribution in [0.15, 0.2) is 51.6 Å². The lowest BCUT2D eigenvalue weighted by Gasteiger charge is -2.22. The van der Waals surface area contributed by atoms with Crippen LogP contribution in [-0.2, 0) is 11.3 Å². The largest absolute Gasteiger partial charge is 0.496 e. The van der Waals surface area contributed by atoms with E-state index in [-0.39, 0.29) is 30.1 Å². The van der Waals surface area contributed by atoms with E-state index in [2.05, 4.69) is 16.7 Å². The Morgan fingerprint density at radius 2 is 2.14 bits per heavy atom. The van der Waals surface area contributed by atoms with Crippen LogP contribution in [0, 0.1) is 0 Å². The van der Waals surface area contributed by atoms with Gasteiger partial charge in [0.15, 0.2) is 0 Å². The molecule has 2 aromatic rings. The topological polar surface area (TPSA) is 117 Å². The quantitative estimate of drug-likeness (QED) is 0.750. The molecule has 1 aliphatic rings. The molecule has 1 aliphatic heterocycles. The minimum atomic E-state index is -0.772. The van der Waals surface area contributed by atoms with Gasteiger partial charge in [-0.25, -0.2) is 9.80 Å². The highest BCUT2D eigenvalue weighted by atomic mass is 16.5. The minimum absolute atomic E-state index is 0.00802. The average molecular weight is 384 g/mol. The molecule has 0 saturated heterocycles. The number of aromatic hydroxyl groups is 1. The maximum atomic E-state index is 12.4. The molecule has 146 valence electrons. The first-order valence-corrected chi connectivity index (χ1v) is 8.56. The zero-order valence-electron chi connectivity index (χ0n) is 15.5. The first-order chi connectivity index (χ1) is 13.4. The zero-order chi connectivity index (χ0) is 20.4. The van der Waals surface area contributed by atoms with Crippen molar-refractivity contribution < 1.29 is 14.6 Å². The Labute approximate surface area is 160 Å². The van der Waals surface area contributed by atoms with Crippen molar-refractivity contribution in [3.05, 3.63) is 68.9 Å². The number of carbonyl (C=O) groups is 1. The number of benzene rings is 1. The molecule has 0 saturated carbocycles. The number of hydrazone groups is 1. The molecule has 1 amide bonds. The summed E-state index contributed by atoms with van der Waals surface area (Å²) in [6, 6.07) is 6.67. The Kier molecular flexibility index (Phi) is 5.16. The van der Waals surface area contributed by atoms with Crippen molar-refractivity contribution >= 4 is 11.6 Å². The third-order valence-corrected chi connectivity index (χ3v) is 4.50. The number of amides is 1. The van der Waals surface area contributed by atoms with E-state index < -0.39 is 23.2 Å². The van der Waals surface area contributed by atoms with Crippen molar-refractivity contribution in [2.24, 2.45) is 5.10 Å². The van der Waals surface area contributed by atoms with Gasteiger partial charge in [-0.15, -0.1) is 6.58 Å². The smallest absolute Gasteiger partial charge is 0.331 e. The van der Waals surface area contributed by atoms with E-state index in [0.717, 1.165) is 4.57 Å². The molecule has 0 spiro atoms. The molecule has 0 aliphatic carbocycles. The number of H-pyrrole nitrogens is 1. The number of methoxy groups -OCH3 is 1. The minimum Gasteiger partial charge on any atom is -0.496 e. The molecule has 2 N–H and O–H groups in total. The standard InChI is InChI=1S/C19H20N4O5/c1-4-9-22-18(26)16(17(25)20-19(22)27)13-10-14(23(21-13)11(2)24)12-7-5-6-8-15(12)28-3/h4-8,14,26H,1,9-10H2,2-3H3,(H,20,25,27). The maximum absolute atomic E-state index is 12.4. The van der Waals surface area contributed by atoms with Gasteiger partial charge in [0.2, 0.25) is 11.8 Å². The van der Waals surface area contributed by atoms with Crippen LogP contribution in [0.4, 0.5) is 0 Å². The molecule has 9 nitrogen and oxygen atoms in total. The van der Waals surface area contributed by atoms with Crippen molar-refractivity contribution in [3.63, 3.8) is 0 Å². The van der Waals surface area contributed by atoms with Crippen LogP contribution in [0.25, 0.3) is 0 Å². The van der Waals surface area contributed by atoms with Gasteiger partial charge in [-0.05, 0) is 6.07 Å². The van der Waals surface area contributed by atoms with E-state index in [1.165, 1.54) is 25.1 Å². The van der Waals surface area contributed by atoms with Gasteiger partial charge in [0, 0.05) is 25.5 Å². The second kappa shape index (κ2) is 7.55. The van der Waals surface area contributed by atoms with Gasteiger partial charge < -0.3 is 9.84 Å². The zero-order valence-corrected chi connectivity index (χ0v) is 15.5. The molecular formula is C19H20N4O5. The molecule has 0 fully saturated rings. The third kappa shape index (κ3) is 3.22. The summed E-state index contributed by atoms with van der Waals surface area (Å²) in [5, 5.41) is 16.0. The van der Waals surface area contributed by atoms with Gasteiger partial charge in [0.1, 0.15) is 11.3 Å². The van der Waals surface area contributed by atoms with Gasteiger partial charge in [-0.1, -0.05) is 24.3 Å². The fraction of sp³-hybridized carbons (Fsp3) is 0.263. The summed E-state index contributed by atoms with van der Waals surface area (Å²) < 4.78 is 6.35. The third-order valence-electron chi connectivity index (χ3n) is 4.50. The molecule has 1 aromatic heterocycles. The van der Waals surface area contributed by atoms with Gasteiger partial charge in [-0.2, -0.15) is 5.10 Å². The fourth-order valence-electron chi connectivity index (χ4n) is 3.25. The van der Waals surface area contributed by atoms with E-state index in [1.54, 1.807) is 18.2 Å². The summed E-state index contributed by atoms with van der Waals surface area (Å²) in [7, 11) is 1.52. The number of nitrogens with one attached hydrogen (secondary N) is 1. The summed E-state index contributed by atoms with van der Waals surface area (Å²) in [5.41, 5.74) is -0.762. The summed E-state index contributed by atoms with van der Waals surface area (Å²) in [5.74, 6) is -0.275. The Morgan fingerprint density at radius 1 is 1.43 bits per heavy atom. The molecule has 9 heteroatoms. The molecular weight excluding hydrogens is 364 g/mol. The molecule has 2 heterocycles. The van der Waals surface area contributed by atoms with Gasteiger partial charge in [0.05, 0.1) is 18.9 Å². The van der Waals surface area contributed by atoms with Crippen LogP contribution in [0.3, 0.4) is 0 Å². The van der Waals surface area contributed by atoms with Crippen LogP contribution in [0.1, 0.15) is 30.5 Å². The predicted molar refractivity (Wildman–Crippen MR) is 103 cm³/mol. The number of para-hydroxylation sites is 1. The molecule has 0 bridgehead atoms. The first kappa shape index (κ1) is 19.2. The van der Waals surface area contributed by atoms with Crippen LogP contribution < -0.4 is 16.0 Å². The fourth-order valence-corrected chi connectivity index (χ4v) is 3.25. The van der Waals surface area contributed by atoms with Crippen LogP contribution in [-0.4, -0.2) is 38.4 Å². The number of ether oxygens (including phenoxy) is 1. The van der Waals surface area contributed by atoms with Crippen molar-refractivity contribution in [1.82, 2.24) is 14.6 Å². The Balaban J connectivity index is 2.13. The first-order valence-electron chi connectivity index (χ1n) is 8.56. The van der Waals surface area contributed by atoms with E-state index in [4.69, 9.17) is 4.74 Å². The lowest BCUT2D eigenvalue weighted by atomic mass is 9.98. The van der Waals surface area contributed by atoms with Gasteiger partial charge in [0.25, 0.3) is 5.56 Å². The van der Waals surface area contributed by atoms with Crippen molar-refractivity contribution in [3.8, 4) is 11.6 Å². The summed E-state index contributed by atoms with van der Waals surface area (Å²) in [6.07, 6.45) is 1.59. The normalized spacial score (nSPS) is 16.0. The maximum Gasteiger partial charge on any atom is 0.331 e. The Hall–Kier alpha value is -3.62. The Morgan fingerprint density at radius 3 is 2.79 bits per heavy atom. The van der Waals surface area contributed by atoms with Crippen LogP contribution in [0.5, 0.6) is 11.6 Å². The number of hydrogen-bond donors (Lipinski definition) is 2. The summed E-state index contributed by atoms with van der Waals surface area (Å²) in [6.45, 7) is 4.90. The summed E-state index contributed by atoms with van der Waals surface area (Å²) >= 11 is 0. The lowest BCUT2D eigenvalue weighted by molar-refractivity contribution is -0.130. The number of rotatable bonds is 5. The monoisotopic (exact) mass is 384 g/mol. The van der Waals surface area contributed by atoms with Gasteiger partial charge >= 0.3 is 5.69 Å². The molecule has 0 radical (unpaired) electrons. The number of carbonyl (C=O) groups excluding carboxylic acids is 1. The predicted octanol–water partition coefficient (Wildman–Crippen LogP) is 1.13. The lowest BCUT2D eigenvalue weighted by Crippen LogP contribution is -2.33. The van der Waals surface area contributed by atoms with Crippen molar-refractivity contribution in [1.29, 1.82) is 0 Å². The highest BCUT2D eigenvalue weighted by Gasteiger charge is 2.35. The Bertz CT molecular complexity index is 1080. The van der Waals surface area contributed by atoms with Gasteiger partial charge in [-0.3, -0.25) is 19.1 Å². The van der Waals surface area contributed by atoms with Crippen LogP contribution >= 0.6 is 0 Å². The number of aromatic nitrogens is 2. The van der Waals surface area contributed by atoms with Crippen LogP contribution in [0.2, 0.25) is 0 Å². The number of nitrogens with zero attached hydrogens (tertiary/aromatic N) is 3. The van der Waals surface area contributed by atoms with Crippen molar-refractivity contribution in [2.75, 3.05) is 7.11 Å². The van der Waals surface area contributed by atoms with E-state index in [9.17, 15) is 19.5 Å². The van der Waals surface area contributed by atoms with E-state index in [1.807, 2.05) is 6.07 Å². The number of allylic oxidation sites excluding steroid dienone is 1. The second-order valence-electron chi connectivity index (χ2n) is 6.23. The highest BCUT2D eigenvalue weighted by Crippen LogP contribution is 2.37. The summed E-state index contributed by atoms with van der Waals surface area (Å²) in [4.78, 5) is 38.6. The van der Waals surface area contributed by atoms with Crippen molar-refractivity contribution in [2.45, 2.75) is 25.9 Å². The average Bonchev–Trinajstić information content (AvgIpc) is 3.10. The highest BCUT2D eigenvalue weighted by molar-refractivity contribution is 6.04.